The van der Waals surface area contributed by atoms with Gasteiger partial charge in [0.1, 0.15) is 0 Å². The average Bonchev–Trinajstić information content (AvgIpc) is 2.19. The Bertz CT molecular complexity index is 169. The lowest BCUT2D eigenvalue weighted by Gasteiger charge is -2.35. The maximum Gasteiger partial charge on any atom is 0.0285 e. The Balaban J connectivity index is 1.72. The number of hydrogen-bond donors (Lipinski definition) is 1. The second kappa shape index (κ2) is 5.38. The van der Waals surface area contributed by atoms with Crippen LogP contribution in [0.15, 0.2) is 0 Å². The summed E-state index contributed by atoms with van der Waals surface area (Å²) in [4.78, 5) is 2.65. The summed E-state index contributed by atoms with van der Waals surface area (Å²) in [6.45, 7) is 7.52. The topological polar surface area (TPSA) is 15.3 Å². The van der Waals surface area contributed by atoms with Gasteiger partial charge in [0.15, 0.2) is 0 Å². The zero-order valence-corrected chi connectivity index (χ0v) is 9.98. The van der Waals surface area contributed by atoms with Crippen LogP contribution >= 0.6 is 11.8 Å². The molecule has 82 valence electrons. The number of hydrogen-bond acceptors (Lipinski definition) is 3. The number of thioether (sulfide) groups is 1. The fraction of sp³-hybridized carbons (Fsp3) is 1.00. The quantitative estimate of drug-likeness (QED) is 0.748. The molecule has 0 amide bonds. The molecule has 0 aromatic heterocycles. The van der Waals surface area contributed by atoms with Crippen LogP contribution in [0, 0.1) is 5.92 Å². The summed E-state index contributed by atoms with van der Waals surface area (Å²) in [5, 5.41) is 3.62. The van der Waals surface area contributed by atoms with E-state index in [1.54, 1.807) is 0 Å². The van der Waals surface area contributed by atoms with E-state index in [1.807, 2.05) is 0 Å². The van der Waals surface area contributed by atoms with Crippen molar-refractivity contribution in [3.8, 4) is 0 Å². The van der Waals surface area contributed by atoms with Gasteiger partial charge in [0.05, 0.1) is 0 Å². The van der Waals surface area contributed by atoms with E-state index < -0.39 is 0 Å². The molecule has 1 N–H and O–H groups in total. The third-order valence-electron chi connectivity index (χ3n) is 3.22. The van der Waals surface area contributed by atoms with E-state index >= 15 is 0 Å². The van der Waals surface area contributed by atoms with Crippen molar-refractivity contribution in [1.82, 2.24) is 10.2 Å². The van der Waals surface area contributed by atoms with Crippen molar-refractivity contribution in [2.75, 3.05) is 37.7 Å². The first-order valence-corrected chi connectivity index (χ1v) is 7.03. The molecular weight excluding hydrogens is 192 g/mol. The first kappa shape index (κ1) is 10.8. The summed E-state index contributed by atoms with van der Waals surface area (Å²) in [5.74, 6) is 3.53. The third kappa shape index (κ3) is 3.14. The first-order valence-electron chi connectivity index (χ1n) is 5.88. The normalized spacial score (nSPS) is 35.8. The van der Waals surface area contributed by atoms with E-state index in [0.717, 1.165) is 12.0 Å². The maximum absolute atomic E-state index is 3.62. The maximum atomic E-state index is 3.62. The molecule has 0 spiro atoms. The van der Waals surface area contributed by atoms with Gasteiger partial charge in [0.25, 0.3) is 0 Å². The number of nitrogens with zero attached hydrogens (tertiary/aromatic N) is 1. The highest BCUT2D eigenvalue weighted by Gasteiger charge is 2.20. The lowest BCUT2D eigenvalue weighted by Crippen LogP contribution is -2.48. The highest BCUT2D eigenvalue weighted by atomic mass is 32.2. The minimum Gasteiger partial charge on any atom is -0.311 e. The van der Waals surface area contributed by atoms with Crippen LogP contribution < -0.4 is 5.32 Å². The molecule has 2 nitrogen and oxygen atoms in total. The zero-order chi connectivity index (χ0) is 9.80. The van der Waals surface area contributed by atoms with Crippen LogP contribution in [0.4, 0.5) is 0 Å². The molecule has 3 heteroatoms. The Hall–Kier alpha value is 0.270. The molecule has 0 saturated carbocycles. The highest BCUT2D eigenvalue weighted by Crippen LogP contribution is 2.17. The molecule has 0 bridgehead atoms. The van der Waals surface area contributed by atoms with Gasteiger partial charge in [-0.2, -0.15) is 11.8 Å². The fourth-order valence-electron chi connectivity index (χ4n) is 2.50. The minimum absolute atomic E-state index is 0.749. The van der Waals surface area contributed by atoms with E-state index in [1.165, 1.54) is 50.5 Å². The Morgan fingerprint density at radius 1 is 1.50 bits per heavy atom. The van der Waals surface area contributed by atoms with Crippen LogP contribution in [0.25, 0.3) is 0 Å². The van der Waals surface area contributed by atoms with Gasteiger partial charge in [-0.05, 0) is 25.3 Å². The second-order valence-corrected chi connectivity index (χ2v) is 5.88. The Morgan fingerprint density at radius 2 is 2.43 bits per heavy atom. The number of nitrogens with one attached hydrogen (secondary N) is 1. The van der Waals surface area contributed by atoms with Gasteiger partial charge < -0.3 is 10.2 Å². The summed E-state index contributed by atoms with van der Waals surface area (Å²) in [6, 6.07) is 0.749. The van der Waals surface area contributed by atoms with Gasteiger partial charge in [-0.25, -0.2) is 0 Å². The molecule has 2 fully saturated rings. The van der Waals surface area contributed by atoms with Gasteiger partial charge >= 0.3 is 0 Å². The van der Waals surface area contributed by atoms with Crippen molar-refractivity contribution in [2.24, 2.45) is 5.92 Å². The Labute approximate surface area is 91.8 Å². The molecule has 0 aromatic carbocycles. The van der Waals surface area contributed by atoms with E-state index in [4.69, 9.17) is 0 Å². The first-order chi connectivity index (χ1) is 6.84. The molecule has 0 radical (unpaired) electrons. The van der Waals surface area contributed by atoms with Gasteiger partial charge in [0.2, 0.25) is 0 Å². The van der Waals surface area contributed by atoms with E-state index in [-0.39, 0.29) is 0 Å². The fourth-order valence-corrected chi connectivity index (χ4v) is 3.44. The summed E-state index contributed by atoms with van der Waals surface area (Å²) in [7, 11) is 0. The van der Waals surface area contributed by atoms with Crippen LogP contribution in [-0.2, 0) is 0 Å². The number of rotatable bonds is 2. The standard InChI is InChI=1S/C11H22N2S/c1-10-3-2-5-13(7-10)8-11-9-14-6-4-12-11/h10-12H,2-9H2,1H3. The molecular formula is C11H22N2S. The van der Waals surface area contributed by atoms with Gasteiger partial charge in [-0.3, -0.25) is 0 Å². The third-order valence-corrected chi connectivity index (χ3v) is 4.35. The minimum atomic E-state index is 0.749. The lowest BCUT2D eigenvalue weighted by atomic mass is 10.00. The summed E-state index contributed by atoms with van der Waals surface area (Å²) >= 11 is 2.10. The molecule has 2 rings (SSSR count). The highest BCUT2D eigenvalue weighted by molar-refractivity contribution is 7.99. The summed E-state index contributed by atoms with van der Waals surface area (Å²) < 4.78 is 0. The summed E-state index contributed by atoms with van der Waals surface area (Å²) in [6.07, 6.45) is 2.84. The number of likely N-dealkylation sites (tertiary alicyclic amines) is 1. The van der Waals surface area contributed by atoms with Crippen LogP contribution in [0.2, 0.25) is 0 Å². The smallest absolute Gasteiger partial charge is 0.0285 e. The Kier molecular flexibility index (Phi) is 4.14. The van der Waals surface area contributed by atoms with E-state index in [9.17, 15) is 0 Å². The zero-order valence-electron chi connectivity index (χ0n) is 9.17. The summed E-state index contributed by atoms with van der Waals surface area (Å²) in [5.41, 5.74) is 0. The lowest BCUT2D eigenvalue weighted by molar-refractivity contribution is 0.171. The largest absolute Gasteiger partial charge is 0.311 e. The Morgan fingerprint density at radius 3 is 3.14 bits per heavy atom. The van der Waals surface area contributed by atoms with Crippen LogP contribution in [0.1, 0.15) is 19.8 Å². The van der Waals surface area contributed by atoms with Crippen LogP contribution in [-0.4, -0.2) is 48.6 Å². The van der Waals surface area contributed by atoms with Crippen molar-refractivity contribution in [3.05, 3.63) is 0 Å². The molecule has 2 heterocycles. The van der Waals surface area contributed by atoms with E-state index in [2.05, 4.69) is 28.9 Å². The van der Waals surface area contributed by atoms with Crippen molar-refractivity contribution < 1.29 is 0 Å². The van der Waals surface area contributed by atoms with Crippen LogP contribution in [0.3, 0.4) is 0 Å². The SMILES string of the molecule is CC1CCCN(CC2CSCCN2)C1. The molecule has 2 unspecified atom stereocenters. The van der Waals surface area contributed by atoms with Crippen molar-refractivity contribution in [3.63, 3.8) is 0 Å². The van der Waals surface area contributed by atoms with Gasteiger partial charge in [0, 0.05) is 37.2 Å². The average molecular weight is 214 g/mol. The molecule has 2 atom stereocenters. The van der Waals surface area contributed by atoms with Gasteiger partial charge in [-0.15, -0.1) is 0 Å². The molecule has 2 aliphatic rings. The molecule has 0 aliphatic carbocycles. The van der Waals surface area contributed by atoms with E-state index in [0.29, 0.717) is 0 Å². The molecule has 2 saturated heterocycles. The second-order valence-electron chi connectivity index (χ2n) is 4.73. The van der Waals surface area contributed by atoms with Gasteiger partial charge in [-0.1, -0.05) is 6.92 Å². The monoisotopic (exact) mass is 214 g/mol. The van der Waals surface area contributed by atoms with Crippen molar-refractivity contribution >= 4 is 11.8 Å². The predicted molar refractivity (Wildman–Crippen MR) is 64.0 cm³/mol. The van der Waals surface area contributed by atoms with Crippen molar-refractivity contribution in [1.29, 1.82) is 0 Å². The van der Waals surface area contributed by atoms with Crippen LogP contribution in [0.5, 0.6) is 0 Å². The van der Waals surface area contributed by atoms with Crippen molar-refractivity contribution in [2.45, 2.75) is 25.8 Å². The number of piperidine rings is 1. The molecule has 0 aromatic rings. The molecule has 14 heavy (non-hydrogen) atoms. The predicted octanol–water partition coefficient (Wildman–Crippen LogP) is 1.42. The molecule has 2 aliphatic heterocycles.